The third kappa shape index (κ3) is 4.64. The van der Waals surface area contributed by atoms with Crippen molar-refractivity contribution in [3.63, 3.8) is 0 Å². The number of benzene rings is 2. The first-order valence-electron chi connectivity index (χ1n) is 8.84. The Kier molecular flexibility index (Phi) is 6.20. The standard InChI is InChI=1S/C20H21FN4O2S/c1-3-27-17-9-7-15(8-10-17)19-22-23-20(28)25(19)13-18(26)24(2)12-14-5-4-6-16(21)11-14/h4-11H,3,12-13H2,1-2H3,(H,23,28). The Balaban J connectivity index is 1.76. The average molecular weight is 400 g/mol. The number of likely N-dealkylation sites (N-methyl/N-ethyl adjacent to an activating group) is 1. The molecule has 2 aromatic carbocycles. The lowest BCUT2D eigenvalue weighted by Gasteiger charge is -2.18. The first-order chi connectivity index (χ1) is 13.5. The van der Waals surface area contributed by atoms with E-state index in [1.807, 2.05) is 31.2 Å². The number of carbonyl (C=O) groups is 1. The topological polar surface area (TPSA) is 63.1 Å². The van der Waals surface area contributed by atoms with Crippen molar-refractivity contribution in [1.29, 1.82) is 0 Å². The first kappa shape index (κ1) is 19.8. The number of H-pyrrole nitrogens is 1. The Bertz CT molecular complexity index is 1010. The van der Waals surface area contributed by atoms with Gasteiger partial charge in [0.15, 0.2) is 10.6 Å². The molecule has 0 unspecified atom stereocenters. The number of halogens is 1. The second kappa shape index (κ2) is 8.79. The van der Waals surface area contributed by atoms with Crippen LogP contribution in [0.25, 0.3) is 11.4 Å². The Morgan fingerprint density at radius 2 is 2.04 bits per heavy atom. The van der Waals surface area contributed by atoms with Crippen LogP contribution in [0.4, 0.5) is 4.39 Å². The van der Waals surface area contributed by atoms with Crippen molar-refractivity contribution >= 4 is 18.1 Å². The fourth-order valence-corrected chi connectivity index (χ4v) is 3.00. The minimum Gasteiger partial charge on any atom is -0.494 e. The predicted octanol–water partition coefficient (Wildman–Crippen LogP) is 3.80. The molecular weight excluding hydrogens is 379 g/mol. The minimum absolute atomic E-state index is 0.0314. The van der Waals surface area contributed by atoms with Gasteiger partial charge >= 0.3 is 0 Å². The highest BCUT2D eigenvalue weighted by Crippen LogP contribution is 2.21. The summed E-state index contributed by atoms with van der Waals surface area (Å²) >= 11 is 5.29. The lowest BCUT2D eigenvalue weighted by atomic mass is 10.2. The Labute approximate surface area is 167 Å². The number of hydrogen-bond donors (Lipinski definition) is 1. The molecule has 3 rings (SSSR count). The molecule has 0 saturated carbocycles. The molecule has 1 aromatic heterocycles. The molecule has 0 atom stereocenters. The summed E-state index contributed by atoms with van der Waals surface area (Å²) in [5, 5.41) is 7.00. The molecule has 0 bridgehead atoms. The van der Waals surface area contributed by atoms with Gasteiger partial charge in [-0.25, -0.2) is 4.39 Å². The van der Waals surface area contributed by atoms with E-state index in [9.17, 15) is 9.18 Å². The van der Waals surface area contributed by atoms with Crippen LogP contribution in [0.2, 0.25) is 0 Å². The molecule has 0 radical (unpaired) electrons. The van der Waals surface area contributed by atoms with Crippen LogP contribution in [-0.2, 0) is 17.9 Å². The van der Waals surface area contributed by atoms with Crippen molar-refractivity contribution in [2.24, 2.45) is 0 Å². The Morgan fingerprint density at radius 3 is 2.71 bits per heavy atom. The van der Waals surface area contributed by atoms with Gasteiger partial charge in [0.2, 0.25) is 5.91 Å². The van der Waals surface area contributed by atoms with E-state index in [0.717, 1.165) is 16.9 Å². The second-order valence-electron chi connectivity index (χ2n) is 6.28. The highest BCUT2D eigenvalue weighted by molar-refractivity contribution is 7.71. The van der Waals surface area contributed by atoms with E-state index in [-0.39, 0.29) is 18.3 Å². The van der Waals surface area contributed by atoms with Crippen molar-refractivity contribution in [3.8, 4) is 17.1 Å². The highest BCUT2D eigenvalue weighted by atomic mass is 32.1. The van der Waals surface area contributed by atoms with E-state index in [0.29, 0.717) is 23.7 Å². The number of amides is 1. The largest absolute Gasteiger partial charge is 0.494 e. The van der Waals surface area contributed by atoms with Gasteiger partial charge in [-0.2, -0.15) is 5.10 Å². The first-order valence-corrected chi connectivity index (χ1v) is 9.25. The quantitative estimate of drug-likeness (QED) is 0.613. The predicted molar refractivity (Wildman–Crippen MR) is 107 cm³/mol. The maximum atomic E-state index is 13.4. The van der Waals surface area contributed by atoms with E-state index < -0.39 is 0 Å². The summed E-state index contributed by atoms with van der Waals surface area (Å²) in [5.41, 5.74) is 1.54. The Morgan fingerprint density at radius 1 is 1.29 bits per heavy atom. The van der Waals surface area contributed by atoms with Crippen molar-refractivity contribution < 1.29 is 13.9 Å². The summed E-state index contributed by atoms with van der Waals surface area (Å²) in [5.74, 6) is 0.848. The molecule has 1 amide bonds. The van der Waals surface area contributed by atoms with Crippen LogP contribution in [0, 0.1) is 10.6 Å². The third-order valence-electron chi connectivity index (χ3n) is 4.21. The van der Waals surface area contributed by atoms with Crippen molar-refractivity contribution in [2.75, 3.05) is 13.7 Å². The number of carbonyl (C=O) groups excluding carboxylic acids is 1. The molecule has 0 saturated heterocycles. The summed E-state index contributed by atoms with van der Waals surface area (Å²) in [7, 11) is 1.67. The molecule has 6 nitrogen and oxygen atoms in total. The molecule has 0 aliphatic carbocycles. The summed E-state index contributed by atoms with van der Waals surface area (Å²) in [4.78, 5) is 14.2. The second-order valence-corrected chi connectivity index (χ2v) is 6.66. The van der Waals surface area contributed by atoms with E-state index in [4.69, 9.17) is 17.0 Å². The van der Waals surface area contributed by atoms with Crippen LogP contribution in [0.3, 0.4) is 0 Å². The third-order valence-corrected chi connectivity index (χ3v) is 4.52. The summed E-state index contributed by atoms with van der Waals surface area (Å²) in [6.45, 7) is 2.85. The monoisotopic (exact) mass is 400 g/mol. The number of nitrogens with zero attached hydrogens (tertiary/aromatic N) is 3. The van der Waals surface area contributed by atoms with E-state index in [2.05, 4.69) is 10.2 Å². The zero-order valence-electron chi connectivity index (χ0n) is 15.7. The van der Waals surface area contributed by atoms with Crippen LogP contribution in [0.1, 0.15) is 12.5 Å². The number of aromatic nitrogens is 3. The molecular formula is C20H21FN4O2S. The fourth-order valence-electron chi connectivity index (χ4n) is 2.80. The molecule has 146 valence electrons. The summed E-state index contributed by atoms with van der Waals surface area (Å²) in [6.07, 6.45) is 0. The molecule has 0 aliphatic rings. The normalized spacial score (nSPS) is 10.7. The van der Waals surface area contributed by atoms with Gasteiger partial charge in [-0.15, -0.1) is 0 Å². The zero-order chi connectivity index (χ0) is 20.1. The molecule has 3 aromatic rings. The number of aromatic amines is 1. The van der Waals surface area contributed by atoms with Crippen molar-refractivity contribution in [3.05, 3.63) is 64.7 Å². The van der Waals surface area contributed by atoms with E-state index in [1.165, 1.54) is 17.0 Å². The lowest BCUT2D eigenvalue weighted by Crippen LogP contribution is -2.30. The molecule has 0 spiro atoms. The zero-order valence-corrected chi connectivity index (χ0v) is 16.5. The number of rotatable bonds is 7. The molecule has 8 heteroatoms. The molecule has 1 heterocycles. The summed E-state index contributed by atoms with van der Waals surface area (Å²) < 4.78 is 20.8. The van der Waals surface area contributed by atoms with Gasteiger partial charge in [0, 0.05) is 19.2 Å². The average Bonchev–Trinajstić information content (AvgIpc) is 3.03. The maximum Gasteiger partial charge on any atom is 0.242 e. The van der Waals surface area contributed by atoms with Crippen LogP contribution < -0.4 is 4.74 Å². The molecule has 0 fully saturated rings. The molecule has 0 aliphatic heterocycles. The lowest BCUT2D eigenvalue weighted by molar-refractivity contribution is -0.131. The number of ether oxygens (including phenoxy) is 1. The summed E-state index contributed by atoms with van der Waals surface area (Å²) in [6, 6.07) is 13.6. The minimum atomic E-state index is -0.326. The van der Waals surface area contributed by atoms with Gasteiger partial charge in [-0.05, 0) is 61.1 Å². The van der Waals surface area contributed by atoms with Gasteiger partial charge in [0.1, 0.15) is 18.1 Å². The highest BCUT2D eigenvalue weighted by Gasteiger charge is 2.16. The smallest absolute Gasteiger partial charge is 0.242 e. The van der Waals surface area contributed by atoms with Crippen molar-refractivity contribution in [1.82, 2.24) is 19.7 Å². The van der Waals surface area contributed by atoms with E-state index >= 15 is 0 Å². The molecule has 1 N–H and O–H groups in total. The van der Waals surface area contributed by atoms with Gasteiger partial charge in [-0.3, -0.25) is 14.5 Å². The van der Waals surface area contributed by atoms with Gasteiger partial charge in [-0.1, -0.05) is 12.1 Å². The maximum absolute atomic E-state index is 13.4. The number of nitrogens with one attached hydrogen (secondary N) is 1. The SMILES string of the molecule is CCOc1ccc(-c2n[nH]c(=S)n2CC(=O)N(C)Cc2cccc(F)c2)cc1. The van der Waals surface area contributed by atoms with Crippen molar-refractivity contribution in [2.45, 2.75) is 20.0 Å². The molecule has 28 heavy (non-hydrogen) atoms. The van der Waals surface area contributed by atoms with Crippen LogP contribution in [0.15, 0.2) is 48.5 Å². The van der Waals surface area contributed by atoms with Crippen LogP contribution >= 0.6 is 12.2 Å². The van der Waals surface area contributed by atoms with Gasteiger partial charge in [0.05, 0.1) is 6.61 Å². The number of hydrogen-bond acceptors (Lipinski definition) is 4. The Hall–Kier alpha value is -3.00. The van der Waals surface area contributed by atoms with Gasteiger partial charge in [0.25, 0.3) is 0 Å². The van der Waals surface area contributed by atoms with Crippen LogP contribution in [0.5, 0.6) is 5.75 Å². The van der Waals surface area contributed by atoms with Gasteiger partial charge < -0.3 is 9.64 Å². The van der Waals surface area contributed by atoms with E-state index in [1.54, 1.807) is 23.7 Å². The van der Waals surface area contributed by atoms with Crippen LogP contribution in [-0.4, -0.2) is 39.2 Å². The fraction of sp³-hybridized carbons (Fsp3) is 0.250.